The molecule has 0 N–H and O–H groups in total. The predicted molar refractivity (Wildman–Crippen MR) is 51.3 cm³/mol. The SMILES string of the molecule is CCOC(=O)c1noc(C2C(C)[C@@H]2C)n1. The van der Waals surface area contributed by atoms with Crippen molar-refractivity contribution in [3.05, 3.63) is 11.7 Å². The maximum absolute atomic E-state index is 11.3. The third-order valence-electron chi connectivity index (χ3n) is 3.01. The molecule has 1 saturated carbocycles. The number of carbonyl (C=O) groups excluding carboxylic acids is 1. The van der Waals surface area contributed by atoms with Crippen molar-refractivity contribution in [1.29, 1.82) is 0 Å². The van der Waals surface area contributed by atoms with E-state index in [9.17, 15) is 4.79 Å². The van der Waals surface area contributed by atoms with Crippen molar-refractivity contribution in [3.63, 3.8) is 0 Å². The number of esters is 1. The lowest BCUT2D eigenvalue weighted by atomic mass is 10.3. The molecule has 2 rings (SSSR count). The molecule has 3 atom stereocenters. The highest BCUT2D eigenvalue weighted by Crippen LogP contribution is 2.52. The zero-order chi connectivity index (χ0) is 11.0. The molecule has 15 heavy (non-hydrogen) atoms. The molecule has 1 aromatic heterocycles. The number of carbonyl (C=O) groups is 1. The van der Waals surface area contributed by atoms with E-state index in [1.54, 1.807) is 6.92 Å². The first-order valence-electron chi connectivity index (χ1n) is 5.15. The highest BCUT2D eigenvalue weighted by Gasteiger charge is 2.48. The second-order valence-corrected chi connectivity index (χ2v) is 3.92. The summed E-state index contributed by atoms with van der Waals surface area (Å²) in [6.45, 7) is 6.32. The number of hydrogen-bond donors (Lipinski definition) is 0. The smallest absolute Gasteiger partial charge is 0.379 e. The summed E-state index contributed by atoms with van der Waals surface area (Å²) >= 11 is 0. The summed E-state index contributed by atoms with van der Waals surface area (Å²) < 4.78 is 9.81. The lowest BCUT2D eigenvalue weighted by Crippen LogP contribution is -2.06. The van der Waals surface area contributed by atoms with Crippen LogP contribution in [0.5, 0.6) is 0 Å². The van der Waals surface area contributed by atoms with Crippen molar-refractivity contribution < 1.29 is 14.1 Å². The van der Waals surface area contributed by atoms with Crippen LogP contribution in [0.15, 0.2) is 4.52 Å². The van der Waals surface area contributed by atoms with Crippen LogP contribution in [0.1, 0.15) is 43.2 Å². The summed E-state index contributed by atoms with van der Waals surface area (Å²) in [5.41, 5.74) is 0. The van der Waals surface area contributed by atoms with Crippen LogP contribution in [-0.4, -0.2) is 22.7 Å². The van der Waals surface area contributed by atoms with Crippen LogP contribution in [0.2, 0.25) is 0 Å². The summed E-state index contributed by atoms with van der Waals surface area (Å²) in [6, 6.07) is 0. The largest absolute Gasteiger partial charge is 0.460 e. The number of aromatic nitrogens is 2. The van der Waals surface area contributed by atoms with Crippen molar-refractivity contribution in [2.45, 2.75) is 26.7 Å². The van der Waals surface area contributed by atoms with Crippen molar-refractivity contribution in [1.82, 2.24) is 10.1 Å². The van der Waals surface area contributed by atoms with Gasteiger partial charge in [0.15, 0.2) is 0 Å². The summed E-state index contributed by atoms with van der Waals surface area (Å²) in [4.78, 5) is 15.3. The summed E-state index contributed by atoms with van der Waals surface area (Å²) in [5.74, 6) is 1.48. The first kappa shape index (κ1) is 10.1. The van der Waals surface area contributed by atoms with Gasteiger partial charge in [-0.1, -0.05) is 13.8 Å². The van der Waals surface area contributed by atoms with Gasteiger partial charge in [-0.3, -0.25) is 0 Å². The number of rotatable bonds is 3. The average Bonchev–Trinajstić information content (AvgIpc) is 2.69. The number of hydrogen-bond acceptors (Lipinski definition) is 5. The minimum atomic E-state index is -0.520. The second-order valence-electron chi connectivity index (χ2n) is 3.92. The highest BCUT2D eigenvalue weighted by atomic mass is 16.5. The number of nitrogens with zero attached hydrogens (tertiary/aromatic N) is 2. The molecule has 0 amide bonds. The van der Waals surface area contributed by atoms with Crippen molar-refractivity contribution in [3.8, 4) is 0 Å². The van der Waals surface area contributed by atoms with E-state index in [-0.39, 0.29) is 5.82 Å². The van der Waals surface area contributed by atoms with E-state index in [1.165, 1.54) is 0 Å². The van der Waals surface area contributed by atoms with Crippen LogP contribution in [0.25, 0.3) is 0 Å². The fraction of sp³-hybridized carbons (Fsp3) is 0.700. The van der Waals surface area contributed by atoms with Crippen LogP contribution >= 0.6 is 0 Å². The summed E-state index contributed by atoms with van der Waals surface area (Å²) in [5, 5.41) is 3.60. The topological polar surface area (TPSA) is 65.2 Å². The van der Waals surface area contributed by atoms with E-state index < -0.39 is 5.97 Å². The average molecular weight is 210 g/mol. The molecule has 1 aromatic rings. The van der Waals surface area contributed by atoms with E-state index in [4.69, 9.17) is 9.26 Å². The van der Waals surface area contributed by atoms with Crippen LogP contribution in [0.3, 0.4) is 0 Å². The number of ether oxygens (including phenoxy) is 1. The quantitative estimate of drug-likeness (QED) is 0.709. The first-order valence-corrected chi connectivity index (χ1v) is 5.15. The Balaban J connectivity index is 2.08. The molecule has 0 bridgehead atoms. The van der Waals surface area contributed by atoms with E-state index in [1.807, 2.05) is 0 Å². The van der Waals surface area contributed by atoms with Gasteiger partial charge in [-0.05, 0) is 23.9 Å². The van der Waals surface area contributed by atoms with E-state index in [2.05, 4.69) is 24.0 Å². The Morgan fingerprint density at radius 2 is 2.13 bits per heavy atom. The third-order valence-corrected chi connectivity index (χ3v) is 3.01. The van der Waals surface area contributed by atoms with Gasteiger partial charge in [0.2, 0.25) is 5.89 Å². The Kier molecular flexibility index (Phi) is 2.46. The molecule has 0 radical (unpaired) electrons. The highest BCUT2D eigenvalue weighted by molar-refractivity contribution is 5.84. The molecule has 82 valence electrons. The Labute approximate surface area is 87.8 Å². The third kappa shape index (κ3) is 1.73. The van der Waals surface area contributed by atoms with Gasteiger partial charge < -0.3 is 9.26 Å². The molecule has 2 unspecified atom stereocenters. The Bertz CT molecular complexity index is 366. The molecular formula is C10H14N2O3. The second kappa shape index (κ2) is 3.64. The van der Waals surface area contributed by atoms with Crippen LogP contribution in [0.4, 0.5) is 0 Å². The standard InChI is InChI=1S/C10H14N2O3/c1-4-14-10(13)8-11-9(15-12-8)7-5(2)6(7)3/h5-7H,4H2,1-3H3/t5-,6?,7?/m0/s1. The summed E-state index contributed by atoms with van der Waals surface area (Å²) in [6.07, 6.45) is 0. The van der Waals surface area contributed by atoms with Crippen molar-refractivity contribution >= 4 is 5.97 Å². The molecular weight excluding hydrogens is 196 g/mol. The fourth-order valence-corrected chi connectivity index (χ4v) is 1.76. The minimum absolute atomic E-state index is 0.0261. The maximum Gasteiger partial charge on any atom is 0.379 e. The van der Waals surface area contributed by atoms with E-state index >= 15 is 0 Å². The van der Waals surface area contributed by atoms with Crippen molar-refractivity contribution in [2.24, 2.45) is 11.8 Å². The molecule has 0 saturated heterocycles. The molecule has 0 spiro atoms. The van der Waals surface area contributed by atoms with Gasteiger partial charge in [0.1, 0.15) is 0 Å². The molecule has 5 nitrogen and oxygen atoms in total. The zero-order valence-corrected chi connectivity index (χ0v) is 9.06. The lowest BCUT2D eigenvalue weighted by Gasteiger charge is -1.93. The van der Waals surface area contributed by atoms with E-state index in [0.29, 0.717) is 30.3 Å². The van der Waals surface area contributed by atoms with Gasteiger partial charge in [0.05, 0.1) is 6.61 Å². The fourth-order valence-electron chi connectivity index (χ4n) is 1.76. The monoisotopic (exact) mass is 210 g/mol. The normalized spacial score (nSPS) is 28.9. The zero-order valence-electron chi connectivity index (χ0n) is 9.06. The van der Waals surface area contributed by atoms with Gasteiger partial charge in [-0.25, -0.2) is 4.79 Å². The molecule has 1 aliphatic rings. The van der Waals surface area contributed by atoms with Gasteiger partial charge in [0.25, 0.3) is 5.82 Å². The Morgan fingerprint density at radius 1 is 1.47 bits per heavy atom. The van der Waals surface area contributed by atoms with Crippen LogP contribution < -0.4 is 0 Å². The molecule has 1 fully saturated rings. The van der Waals surface area contributed by atoms with Gasteiger partial charge in [-0.2, -0.15) is 4.98 Å². The Hall–Kier alpha value is -1.39. The van der Waals surface area contributed by atoms with Gasteiger partial charge in [-0.15, -0.1) is 0 Å². The van der Waals surface area contributed by atoms with Crippen LogP contribution in [0, 0.1) is 11.8 Å². The minimum Gasteiger partial charge on any atom is -0.460 e. The molecule has 0 aromatic carbocycles. The Morgan fingerprint density at radius 3 is 2.67 bits per heavy atom. The predicted octanol–water partition coefficient (Wildman–Crippen LogP) is 1.62. The summed E-state index contributed by atoms with van der Waals surface area (Å²) in [7, 11) is 0. The van der Waals surface area contributed by atoms with Crippen LogP contribution in [-0.2, 0) is 4.74 Å². The van der Waals surface area contributed by atoms with E-state index in [0.717, 1.165) is 0 Å². The molecule has 5 heteroatoms. The van der Waals surface area contributed by atoms with Crippen molar-refractivity contribution in [2.75, 3.05) is 6.61 Å². The molecule has 1 aliphatic carbocycles. The van der Waals surface area contributed by atoms with Gasteiger partial charge in [0, 0.05) is 5.92 Å². The van der Waals surface area contributed by atoms with Gasteiger partial charge >= 0.3 is 5.97 Å². The lowest BCUT2D eigenvalue weighted by molar-refractivity contribution is 0.0508. The maximum atomic E-state index is 11.3. The first-order chi connectivity index (χ1) is 7.15. The molecule has 0 aliphatic heterocycles. The molecule has 1 heterocycles.